The van der Waals surface area contributed by atoms with Crippen LogP contribution in [0, 0.1) is 6.92 Å². The maximum absolute atomic E-state index is 12.6. The maximum atomic E-state index is 12.6. The predicted octanol–water partition coefficient (Wildman–Crippen LogP) is 2.30. The van der Waals surface area contributed by atoms with E-state index < -0.39 is 0 Å². The molecule has 0 saturated carbocycles. The molecule has 21 heavy (non-hydrogen) atoms. The van der Waals surface area contributed by atoms with E-state index in [1.54, 1.807) is 11.8 Å². The van der Waals surface area contributed by atoms with Crippen LogP contribution < -0.4 is 0 Å². The summed E-state index contributed by atoms with van der Waals surface area (Å²) in [6, 6.07) is 7.60. The van der Waals surface area contributed by atoms with E-state index in [1.807, 2.05) is 36.1 Å². The molecular weight excluding hydrogens is 268 g/mol. The highest BCUT2D eigenvalue weighted by atomic mass is 16.6. The molecule has 0 atom stereocenters. The molecule has 1 aromatic carbocycles. The summed E-state index contributed by atoms with van der Waals surface area (Å²) < 4.78 is 5.02. The third-order valence-electron chi connectivity index (χ3n) is 3.68. The molecule has 1 heterocycles. The van der Waals surface area contributed by atoms with Crippen LogP contribution in [0.3, 0.4) is 0 Å². The molecule has 1 aromatic rings. The molecule has 1 fully saturated rings. The molecule has 5 heteroatoms. The van der Waals surface area contributed by atoms with Crippen molar-refractivity contribution in [1.29, 1.82) is 0 Å². The molecular formula is C16H22N2O3. The Balaban J connectivity index is 2.01. The van der Waals surface area contributed by atoms with Gasteiger partial charge in [0.15, 0.2) is 0 Å². The molecule has 114 valence electrons. The molecule has 0 N–H and O–H groups in total. The zero-order chi connectivity index (χ0) is 15.2. The van der Waals surface area contributed by atoms with Gasteiger partial charge in [0.05, 0.1) is 6.61 Å². The normalized spacial score (nSPS) is 15.5. The van der Waals surface area contributed by atoms with E-state index in [4.69, 9.17) is 4.74 Å². The van der Waals surface area contributed by atoms with E-state index in [0.717, 1.165) is 17.5 Å². The number of carbonyl (C=O) groups is 2. The highest BCUT2D eigenvalue weighted by Crippen LogP contribution is 2.13. The van der Waals surface area contributed by atoms with Crippen molar-refractivity contribution in [2.45, 2.75) is 20.3 Å². The van der Waals surface area contributed by atoms with E-state index in [-0.39, 0.29) is 12.0 Å². The molecule has 0 unspecified atom stereocenters. The van der Waals surface area contributed by atoms with Crippen molar-refractivity contribution in [1.82, 2.24) is 9.80 Å². The van der Waals surface area contributed by atoms with E-state index in [1.165, 1.54) is 0 Å². The van der Waals surface area contributed by atoms with E-state index in [0.29, 0.717) is 32.8 Å². The summed E-state index contributed by atoms with van der Waals surface area (Å²) in [6.07, 6.45) is 0.485. The fourth-order valence-corrected chi connectivity index (χ4v) is 2.50. The third-order valence-corrected chi connectivity index (χ3v) is 3.68. The second-order valence-corrected chi connectivity index (χ2v) is 5.15. The zero-order valence-electron chi connectivity index (χ0n) is 12.7. The smallest absolute Gasteiger partial charge is 0.409 e. The molecule has 0 spiro atoms. The Morgan fingerprint density at radius 2 is 1.76 bits per heavy atom. The lowest BCUT2D eigenvalue weighted by molar-refractivity contribution is 0.0753. The molecule has 0 aromatic heterocycles. The van der Waals surface area contributed by atoms with Gasteiger partial charge in [0, 0.05) is 31.7 Å². The van der Waals surface area contributed by atoms with Crippen LogP contribution in [0.1, 0.15) is 29.3 Å². The average molecular weight is 290 g/mol. The first-order valence-corrected chi connectivity index (χ1v) is 7.40. The van der Waals surface area contributed by atoms with Gasteiger partial charge in [-0.2, -0.15) is 0 Å². The first kappa shape index (κ1) is 15.4. The lowest BCUT2D eigenvalue weighted by Crippen LogP contribution is -2.37. The van der Waals surface area contributed by atoms with Gasteiger partial charge in [-0.05, 0) is 31.9 Å². The fraction of sp³-hybridized carbons (Fsp3) is 0.500. The zero-order valence-corrected chi connectivity index (χ0v) is 12.7. The molecule has 0 aliphatic carbocycles. The van der Waals surface area contributed by atoms with Crippen LogP contribution in [0.25, 0.3) is 0 Å². The van der Waals surface area contributed by atoms with Crippen molar-refractivity contribution < 1.29 is 14.3 Å². The molecule has 2 amide bonds. The van der Waals surface area contributed by atoms with Crippen molar-refractivity contribution in [3.8, 4) is 0 Å². The summed E-state index contributed by atoms with van der Waals surface area (Å²) in [5.41, 5.74) is 1.72. The molecule has 5 nitrogen and oxygen atoms in total. The highest BCUT2D eigenvalue weighted by Gasteiger charge is 2.23. The summed E-state index contributed by atoms with van der Waals surface area (Å²) in [7, 11) is 0. The van der Waals surface area contributed by atoms with Crippen LogP contribution in [0.4, 0.5) is 4.79 Å². The molecule has 1 aliphatic rings. The second-order valence-electron chi connectivity index (χ2n) is 5.15. The average Bonchev–Trinajstić information content (AvgIpc) is 2.73. The summed E-state index contributed by atoms with van der Waals surface area (Å²) in [5, 5.41) is 0. The van der Waals surface area contributed by atoms with Gasteiger partial charge >= 0.3 is 6.09 Å². The molecule has 0 bridgehead atoms. The van der Waals surface area contributed by atoms with Crippen LogP contribution in [0.2, 0.25) is 0 Å². The van der Waals surface area contributed by atoms with E-state index in [9.17, 15) is 9.59 Å². The number of carbonyl (C=O) groups excluding carboxylic acids is 2. The number of aryl methyl sites for hydroxylation is 1. The predicted molar refractivity (Wildman–Crippen MR) is 80.3 cm³/mol. The SMILES string of the molecule is CCOC(=O)N1CCCN(C(=O)c2ccccc2C)CC1. The standard InChI is InChI=1S/C16H22N2O3/c1-3-21-16(20)18-10-6-9-17(11-12-18)15(19)14-8-5-4-7-13(14)2/h4-5,7-8H,3,6,9-12H2,1-2H3. The molecule has 2 rings (SSSR count). The lowest BCUT2D eigenvalue weighted by atomic mass is 10.1. The highest BCUT2D eigenvalue weighted by molar-refractivity contribution is 5.95. The fourth-order valence-electron chi connectivity index (χ4n) is 2.50. The van der Waals surface area contributed by atoms with Gasteiger partial charge in [0.25, 0.3) is 5.91 Å². The van der Waals surface area contributed by atoms with Crippen LogP contribution in [-0.2, 0) is 4.74 Å². The molecule has 0 radical (unpaired) electrons. The second kappa shape index (κ2) is 7.11. The Labute approximate surface area is 125 Å². The van der Waals surface area contributed by atoms with E-state index >= 15 is 0 Å². The summed E-state index contributed by atoms with van der Waals surface area (Å²) >= 11 is 0. The first-order valence-electron chi connectivity index (χ1n) is 7.40. The minimum Gasteiger partial charge on any atom is -0.450 e. The number of hydrogen-bond acceptors (Lipinski definition) is 3. The lowest BCUT2D eigenvalue weighted by Gasteiger charge is -2.22. The van der Waals surface area contributed by atoms with Crippen molar-refractivity contribution in [2.24, 2.45) is 0 Å². The Morgan fingerprint density at radius 1 is 1.10 bits per heavy atom. The quantitative estimate of drug-likeness (QED) is 0.839. The van der Waals surface area contributed by atoms with Gasteiger partial charge < -0.3 is 14.5 Å². The van der Waals surface area contributed by atoms with Gasteiger partial charge in [0.2, 0.25) is 0 Å². The largest absolute Gasteiger partial charge is 0.450 e. The number of benzene rings is 1. The summed E-state index contributed by atoms with van der Waals surface area (Å²) in [5.74, 6) is 0.0406. The monoisotopic (exact) mass is 290 g/mol. The number of hydrogen-bond donors (Lipinski definition) is 0. The summed E-state index contributed by atoms with van der Waals surface area (Å²) in [6.45, 7) is 6.49. The van der Waals surface area contributed by atoms with Crippen LogP contribution in [0.15, 0.2) is 24.3 Å². The van der Waals surface area contributed by atoms with Crippen molar-refractivity contribution in [3.63, 3.8) is 0 Å². The Morgan fingerprint density at radius 3 is 2.48 bits per heavy atom. The van der Waals surface area contributed by atoms with Crippen LogP contribution in [-0.4, -0.2) is 54.6 Å². The molecule has 1 saturated heterocycles. The first-order chi connectivity index (χ1) is 10.1. The Bertz CT molecular complexity index is 516. The van der Waals surface area contributed by atoms with Crippen molar-refractivity contribution in [2.75, 3.05) is 32.8 Å². The van der Waals surface area contributed by atoms with Crippen molar-refractivity contribution >= 4 is 12.0 Å². The topological polar surface area (TPSA) is 49.9 Å². The number of amides is 2. The molecule has 1 aliphatic heterocycles. The summed E-state index contributed by atoms with van der Waals surface area (Å²) in [4.78, 5) is 27.8. The van der Waals surface area contributed by atoms with Gasteiger partial charge in [-0.15, -0.1) is 0 Å². The van der Waals surface area contributed by atoms with Gasteiger partial charge in [-0.25, -0.2) is 4.79 Å². The van der Waals surface area contributed by atoms with Gasteiger partial charge in [-0.3, -0.25) is 4.79 Å². The van der Waals surface area contributed by atoms with Crippen LogP contribution in [0.5, 0.6) is 0 Å². The third kappa shape index (κ3) is 3.74. The Hall–Kier alpha value is -2.04. The maximum Gasteiger partial charge on any atom is 0.409 e. The minimum atomic E-state index is -0.289. The van der Waals surface area contributed by atoms with Crippen LogP contribution >= 0.6 is 0 Å². The van der Waals surface area contributed by atoms with Gasteiger partial charge in [-0.1, -0.05) is 18.2 Å². The minimum absolute atomic E-state index is 0.0406. The number of ether oxygens (including phenoxy) is 1. The van der Waals surface area contributed by atoms with Gasteiger partial charge in [0.1, 0.15) is 0 Å². The Kier molecular flexibility index (Phi) is 5.20. The number of nitrogens with zero attached hydrogens (tertiary/aromatic N) is 2. The van der Waals surface area contributed by atoms with Crippen molar-refractivity contribution in [3.05, 3.63) is 35.4 Å². The number of rotatable bonds is 2. The van der Waals surface area contributed by atoms with E-state index in [2.05, 4.69) is 0 Å².